The zero-order valence-corrected chi connectivity index (χ0v) is 19.0. The van der Waals surface area contributed by atoms with Gasteiger partial charge in [0.25, 0.3) is 5.91 Å². The third kappa shape index (κ3) is 4.10. The molecule has 0 aromatic carbocycles. The van der Waals surface area contributed by atoms with E-state index in [1.807, 2.05) is 0 Å². The van der Waals surface area contributed by atoms with Gasteiger partial charge < -0.3 is 31.3 Å². The topological polar surface area (TPSA) is 145 Å². The molecule has 4 aliphatic heterocycles. The van der Waals surface area contributed by atoms with Gasteiger partial charge in [-0.2, -0.15) is 8.78 Å². The molecule has 0 saturated carbocycles. The number of carbonyl (C=O) groups excluding carboxylic acids is 3. The number of β-lactam (4-membered cyclic amide) rings is 1. The van der Waals surface area contributed by atoms with Crippen molar-refractivity contribution in [2.75, 3.05) is 19.6 Å². The molecular weight excluding hydrogens is 460 g/mol. The molecule has 0 unspecified atom stereocenters. The summed E-state index contributed by atoms with van der Waals surface area (Å²) < 4.78 is 25.2. The zero-order valence-electron chi connectivity index (χ0n) is 18.2. The van der Waals surface area contributed by atoms with Crippen molar-refractivity contribution < 1.29 is 33.1 Å². The molecule has 0 aromatic rings. The number of carboxylic acids is 1. The van der Waals surface area contributed by atoms with E-state index in [0.717, 1.165) is 0 Å². The number of nitrogens with zero attached hydrogens (tertiary/aromatic N) is 2. The highest BCUT2D eigenvalue weighted by molar-refractivity contribution is 8.03. The first-order valence-corrected chi connectivity index (χ1v) is 11.7. The van der Waals surface area contributed by atoms with Crippen LogP contribution in [0.4, 0.5) is 8.78 Å². The van der Waals surface area contributed by atoms with Gasteiger partial charge >= 0.3 is 12.4 Å². The van der Waals surface area contributed by atoms with Crippen LogP contribution in [0.1, 0.15) is 20.3 Å². The second-order valence-corrected chi connectivity index (χ2v) is 10.4. The minimum atomic E-state index is -3.20. The Balaban J connectivity index is 1.44. The molecule has 33 heavy (non-hydrogen) atoms. The molecule has 4 heterocycles. The van der Waals surface area contributed by atoms with Crippen molar-refractivity contribution in [2.45, 2.75) is 56.1 Å². The van der Waals surface area contributed by atoms with Crippen molar-refractivity contribution in [1.82, 2.24) is 20.4 Å². The van der Waals surface area contributed by atoms with Gasteiger partial charge in [-0.05, 0) is 13.3 Å². The number of carbonyl (C=O) groups is 4. The van der Waals surface area contributed by atoms with E-state index in [4.69, 9.17) is 5.73 Å². The summed E-state index contributed by atoms with van der Waals surface area (Å²) in [5.74, 6) is -4.37. The summed E-state index contributed by atoms with van der Waals surface area (Å²) in [6.07, 6.45) is -2.68. The molecule has 182 valence electrons. The number of likely N-dealkylation sites (tertiary alicyclic amines) is 1. The summed E-state index contributed by atoms with van der Waals surface area (Å²) >= 11 is 1.34. The summed E-state index contributed by atoms with van der Waals surface area (Å²) in [4.78, 5) is 52.2. The van der Waals surface area contributed by atoms with E-state index in [2.05, 4.69) is 10.6 Å². The van der Waals surface area contributed by atoms with E-state index >= 15 is 0 Å². The Morgan fingerprint density at radius 1 is 1.30 bits per heavy atom. The lowest BCUT2D eigenvalue weighted by atomic mass is 9.78. The largest absolute Gasteiger partial charge is 0.477 e. The quantitative estimate of drug-likeness (QED) is 0.340. The van der Waals surface area contributed by atoms with Gasteiger partial charge in [-0.15, -0.1) is 11.8 Å². The minimum absolute atomic E-state index is 0.00557. The molecule has 13 heteroatoms. The first kappa shape index (κ1) is 23.9. The molecule has 0 aliphatic carbocycles. The number of amides is 3. The molecule has 0 aromatic heterocycles. The van der Waals surface area contributed by atoms with Gasteiger partial charge in [-0.25, -0.2) is 4.79 Å². The van der Waals surface area contributed by atoms with Crippen molar-refractivity contribution >= 4 is 35.5 Å². The van der Waals surface area contributed by atoms with Crippen molar-refractivity contribution in [3.05, 3.63) is 10.6 Å². The van der Waals surface area contributed by atoms with Gasteiger partial charge in [-0.1, -0.05) is 6.92 Å². The van der Waals surface area contributed by atoms with Gasteiger partial charge in [0, 0.05) is 47.8 Å². The average Bonchev–Trinajstić information content (AvgIpc) is 3.27. The van der Waals surface area contributed by atoms with Gasteiger partial charge in [-0.3, -0.25) is 14.4 Å². The van der Waals surface area contributed by atoms with E-state index in [1.165, 1.54) is 23.6 Å². The Morgan fingerprint density at radius 2 is 1.97 bits per heavy atom. The van der Waals surface area contributed by atoms with Gasteiger partial charge in [0.1, 0.15) is 5.70 Å². The van der Waals surface area contributed by atoms with Crippen LogP contribution in [0.2, 0.25) is 0 Å². The van der Waals surface area contributed by atoms with Crippen LogP contribution in [0.3, 0.4) is 0 Å². The molecule has 3 amide bonds. The van der Waals surface area contributed by atoms with Crippen LogP contribution in [0, 0.1) is 11.8 Å². The second kappa shape index (κ2) is 8.84. The highest BCUT2D eigenvalue weighted by Gasteiger charge is 2.60. The summed E-state index contributed by atoms with van der Waals surface area (Å²) in [7, 11) is 0. The first-order valence-electron chi connectivity index (χ1n) is 10.8. The molecule has 4 aliphatic rings. The maximum absolute atomic E-state index is 12.8. The zero-order chi connectivity index (χ0) is 24.2. The molecule has 0 bridgehead atoms. The number of aliphatic carboxylic acids is 1. The fourth-order valence-corrected chi connectivity index (χ4v) is 6.63. The van der Waals surface area contributed by atoms with Crippen LogP contribution >= 0.6 is 11.8 Å². The number of fused-ring (bicyclic) bond motifs is 1. The van der Waals surface area contributed by atoms with Gasteiger partial charge in [0.15, 0.2) is 0 Å². The Hall–Kier alpha value is -2.25. The van der Waals surface area contributed by atoms with Crippen molar-refractivity contribution in [2.24, 2.45) is 17.6 Å². The highest BCUT2D eigenvalue weighted by Crippen LogP contribution is 2.51. The van der Waals surface area contributed by atoms with Crippen molar-refractivity contribution in [3.63, 3.8) is 0 Å². The molecule has 0 radical (unpaired) electrons. The normalized spacial score (nSPS) is 32.5. The predicted octanol–water partition coefficient (Wildman–Crippen LogP) is -0.838. The highest BCUT2D eigenvalue weighted by atomic mass is 32.2. The lowest BCUT2D eigenvalue weighted by molar-refractivity contribution is -0.159. The molecule has 3 saturated heterocycles. The Kier molecular flexibility index (Phi) is 6.40. The SMILES string of the molecule is C[C@@H](NC(=O)C(F)F)[C@H]1C(=O)N2C(C(=O)O)=C(S[C@@H]3CN[C@H](C(=O)N4CC(N)C4)C3)[C@H](C)[C@H]12. The molecule has 4 rings (SSSR count). The number of rotatable bonds is 7. The van der Waals surface area contributed by atoms with E-state index < -0.39 is 42.2 Å². The maximum Gasteiger partial charge on any atom is 0.353 e. The average molecular weight is 488 g/mol. The number of nitrogens with one attached hydrogen (secondary N) is 2. The lowest BCUT2D eigenvalue weighted by Crippen LogP contribution is -2.66. The van der Waals surface area contributed by atoms with Crippen molar-refractivity contribution in [1.29, 1.82) is 0 Å². The fraction of sp³-hybridized carbons (Fsp3) is 0.700. The number of carboxylic acid groups (broad SMARTS) is 1. The number of alkyl halides is 2. The summed E-state index contributed by atoms with van der Waals surface area (Å²) in [5.41, 5.74) is 5.64. The summed E-state index contributed by atoms with van der Waals surface area (Å²) in [6.45, 7) is 4.83. The number of nitrogens with two attached hydrogens (primary N) is 1. The number of halogens is 2. The molecule has 3 fully saturated rings. The summed E-state index contributed by atoms with van der Waals surface area (Å²) in [6, 6.07) is -1.75. The molecule has 10 nitrogen and oxygen atoms in total. The van der Waals surface area contributed by atoms with Gasteiger partial charge in [0.2, 0.25) is 11.8 Å². The number of hydrogen-bond acceptors (Lipinski definition) is 7. The van der Waals surface area contributed by atoms with Crippen molar-refractivity contribution in [3.8, 4) is 0 Å². The number of hydrogen-bond donors (Lipinski definition) is 4. The fourth-order valence-electron chi connectivity index (χ4n) is 5.15. The van der Waals surface area contributed by atoms with Crippen LogP contribution in [0.25, 0.3) is 0 Å². The van der Waals surface area contributed by atoms with E-state index in [9.17, 15) is 33.1 Å². The lowest BCUT2D eigenvalue weighted by Gasteiger charge is -2.47. The summed E-state index contributed by atoms with van der Waals surface area (Å²) in [5, 5.41) is 15.1. The molecule has 5 N–H and O–H groups in total. The minimum Gasteiger partial charge on any atom is -0.477 e. The van der Waals surface area contributed by atoms with E-state index in [-0.39, 0.29) is 34.9 Å². The van der Waals surface area contributed by atoms with Crippen LogP contribution in [0.5, 0.6) is 0 Å². The first-order chi connectivity index (χ1) is 15.5. The monoisotopic (exact) mass is 487 g/mol. The predicted molar refractivity (Wildman–Crippen MR) is 114 cm³/mol. The molecular formula is C20H27F2N5O5S. The van der Waals surface area contributed by atoms with E-state index in [0.29, 0.717) is 31.0 Å². The maximum atomic E-state index is 12.8. The standard InChI is InChI=1S/C20H27F2N5O5S/c1-7-13-12(8(2)25-17(28)16(21)22)19(30)27(13)14(20(31)32)15(7)33-10-3-11(24-4-10)18(29)26-5-9(23)6-26/h7-13,16,24H,3-6,23H2,1-2H3,(H,25,28)(H,31,32)/t7-,8-,10+,11+,12-,13-/m1/s1. The molecule has 6 atom stereocenters. The number of thioether (sulfide) groups is 1. The Morgan fingerprint density at radius 3 is 2.55 bits per heavy atom. The van der Waals surface area contributed by atoms with Crippen LogP contribution in [0.15, 0.2) is 10.6 Å². The van der Waals surface area contributed by atoms with Crippen LogP contribution in [-0.4, -0.2) is 94.1 Å². The molecule has 0 spiro atoms. The van der Waals surface area contributed by atoms with E-state index in [1.54, 1.807) is 11.8 Å². The van der Waals surface area contributed by atoms with Gasteiger partial charge in [0.05, 0.1) is 18.0 Å². The Labute approximate surface area is 193 Å². The third-order valence-electron chi connectivity index (χ3n) is 6.80. The second-order valence-electron chi connectivity index (χ2n) is 9.07. The smallest absolute Gasteiger partial charge is 0.353 e. The third-order valence-corrected chi connectivity index (χ3v) is 8.31. The van der Waals surface area contributed by atoms with Crippen LogP contribution in [-0.2, 0) is 19.2 Å². The van der Waals surface area contributed by atoms with Crippen LogP contribution < -0.4 is 16.4 Å². The Bertz CT molecular complexity index is 911.